The molecule has 0 amide bonds. The molecule has 1 atom stereocenters. The monoisotopic (exact) mass is 240 g/mol. The van der Waals surface area contributed by atoms with Crippen LogP contribution in [0.5, 0.6) is 0 Å². The lowest BCUT2D eigenvalue weighted by atomic mass is 10.3. The van der Waals surface area contributed by atoms with Crippen LogP contribution >= 0.6 is 10.7 Å². The Labute approximate surface area is 93.3 Å². The van der Waals surface area contributed by atoms with E-state index in [0.717, 1.165) is 38.8 Å². The molecule has 0 aliphatic heterocycles. The predicted molar refractivity (Wildman–Crippen MR) is 61.0 cm³/mol. The summed E-state index contributed by atoms with van der Waals surface area (Å²) in [5, 5.41) is 0. The van der Waals surface area contributed by atoms with Gasteiger partial charge in [0.1, 0.15) is 13.1 Å². The molecule has 3 nitrogen and oxygen atoms in total. The molecule has 0 saturated heterocycles. The molecule has 0 aromatic carbocycles. The van der Waals surface area contributed by atoms with E-state index in [1.807, 2.05) is 4.58 Å². The molecule has 0 heterocycles. The summed E-state index contributed by atoms with van der Waals surface area (Å²) in [6, 6.07) is 0. The smallest absolute Gasteiger partial charge is 0.336 e. The van der Waals surface area contributed by atoms with Gasteiger partial charge in [-0.15, -0.1) is 0 Å². The molecule has 0 N–H and O–H groups in total. The minimum Gasteiger partial charge on any atom is -0.336 e. The summed E-state index contributed by atoms with van der Waals surface area (Å²) in [5.74, 6) is 0. The van der Waals surface area contributed by atoms with Gasteiger partial charge in [-0.25, -0.2) is 4.58 Å². The van der Waals surface area contributed by atoms with Crippen molar-refractivity contribution in [2.75, 3.05) is 13.1 Å². The van der Waals surface area contributed by atoms with Gasteiger partial charge >= 0.3 is 16.7 Å². The van der Waals surface area contributed by atoms with Gasteiger partial charge in [-0.3, -0.25) is 0 Å². The van der Waals surface area contributed by atoms with Gasteiger partial charge in [-0.1, -0.05) is 26.7 Å². The molecular formula is C9H19ClNO2S+. The first-order valence-corrected chi connectivity index (χ1v) is 6.93. The number of halogens is 1. The van der Waals surface area contributed by atoms with Crippen LogP contribution in [-0.4, -0.2) is 28.3 Å². The molecule has 0 bridgehead atoms. The zero-order chi connectivity index (χ0) is 10.8. The average molecular weight is 241 g/mol. The number of hydrogen-bond donors (Lipinski definition) is 0. The molecule has 0 aliphatic carbocycles. The summed E-state index contributed by atoms with van der Waals surface area (Å²) in [6.07, 6.45) is 5.98. The van der Waals surface area contributed by atoms with Crippen molar-refractivity contribution in [3.63, 3.8) is 0 Å². The van der Waals surface area contributed by atoms with Gasteiger partial charge in [-0.05, 0) is 0 Å². The quantitative estimate of drug-likeness (QED) is 0.282. The first kappa shape index (κ1) is 13.9. The number of hydrogen-bond acceptors (Lipinski definition) is 2. The van der Waals surface area contributed by atoms with Gasteiger partial charge in [0.15, 0.2) is 0 Å². The van der Waals surface area contributed by atoms with Crippen LogP contribution in [0.2, 0.25) is 0 Å². The Balaban J connectivity index is 3.94. The van der Waals surface area contributed by atoms with Crippen LogP contribution in [-0.2, 0) is 14.5 Å². The Kier molecular flexibility index (Phi) is 9.40. The van der Waals surface area contributed by atoms with E-state index in [4.69, 9.17) is 14.9 Å². The molecule has 5 heteroatoms. The van der Waals surface area contributed by atoms with Crippen LogP contribution < -0.4 is 0 Å². The lowest BCUT2D eigenvalue weighted by Gasteiger charge is -2.00. The molecule has 0 spiro atoms. The normalized spacial score (nSPS) is 12.2. The largest absolute Gasteiger partial charge is 0.339 e. The fourth-order valence-electron chi connectivity index (χ4n) is 1.03. The highest BCUT2D eigenvalue weighted by atomic mass is 35.7. The van der Waals surface area contributed by atoms with Crippen molar-refractivity contribution < 1.29 is 13.0 Å². The van der Waals surface area contributed by atoms with Crippen LogP contribution in [0.3, 0.4) is 0 Å². The van der Waals surface area contributed by atoms with Gasteiger partial charge in [0.05, 0.1) is 0 Å². The lowest BCUT2D eigenvalue weighted by Crippen LogP contribution is -2.17. The molecule has 84 valence electrons. The van der Waals surface area contributed by atoms with E-state index in [9.17, 15) is 4.21 Å². The molecule has 0 radical (unpaired) electrons. The van der Waals surface area contributed by atoms with E-state index >= 15 is 0 Å². The molecule has 0 aliphatic rings. The standard InChI is InChI=1S/C9H19ClNO2S/c1-3-5-7-11(8-6-4-2)9-13-14(10)12/h9H,3-8H2,1-2H3/q+1. The summed E-state index contributed by atoms with van der Waals surface area (Å²) < 4.78 is 17.2. The van der Waals surface area contributed by atoms with Crippen LogP contribution in [0.4, 0.5) is 0 Å². The third-order valence-electron chi connectivity index (χ3n) is 1.87. The van der Waals surface area contributed by atoms with E-state index < -0.39 is 10.3 Å². The molecule has 1 unspecified atom stereocenters. The second-order valence-corrected chi connectivity index (χ2v) is 4.48. The van der Waals surface area contributed by atoms with Gasteiger partial charge in [0.2, 0.25) is 0 Å². The highest BCUT2D eigenvalue weighted by molar-refractivity contribution is 8.04. The van der Waals surface area contributed by atoms with E-state index in [2.05, 4.69) is 13.8 Å². The van der Waals surface area contributed by atoms with Gasteiger partial charge < -0.3 is 4.18 Å². The Morgan fingerprint density at radius 1 is 1.29 bits per heavy atom. The van der Waals surface area contributed by atoms with Crippen LogP contribution in [0, 0.1) is 0 Å². The molecule has 0 aromatic rings. The van der Waals surface area contributed by atoms with Crippen molar-refractivity contribution in [1.29, 1.82) is 0 Å². The van der Waals surface area contributed by atoms with E-state index in [1.54, 1.807) is 0 Å². The predicted octanol–water partition coefficient (Wildman–Crippen LogP) is 2.46. The van der Waals surface area contributed by atoms with Crippen molar-refractivity contribution in [1.82, 2.24) is 0 Å². The SMILES string of the molecule is CCCC[N+](=COS(=O)Cl)CCCC. The fraction of sp³-hybridized carbons (Fsp3) is 0.889. The minimum absolute atomic E-state index is 0.935. The number of rotatable bonds is 8. The van der Waals surface area contributed by atoms with Gasteiger partial charge in [0.25, 0.3) is 0 Å². The first-order chi connectivity index (χ1) is 6.70. The summed E-state index contributed by atoms with van der Waals surface area (Å²) in [5.41, 5.74) is 0. The lowest BCUT2D eigenvalue weighted by molar-refractivity contribution is -0.530. The van der Waals surface area contributed by atoms with Crippen molar-refractivity contribution in [2.24, 2.45) is 0 Å². The summed E-state index contributed by atoms with van der Waals surface area (Å²) >= 11 is 0. The van der Waals surface area contributed by atoms with Crippen molar-refractivity contribution in [2.45, 2.75) is 39.5 Å². The summed E-state index contributed by atoms with van der Waals surface area (Å²) in [4.78, 5) is 0. The van der Waals surface area contributed by atoms with Crippen molar-refractivity contribution in [3.05, 3.63) is 0 Å². The topological polar surface area (TPSA) is 29.3 Å². The maximum Gasteiger partial charge on any atom is 0.339 e. The summed E-state index contributed by atoms with van der Waals surface area (Å²) in [7, 11) is 3.46. The van der Waals surface area contributed by atoms with Crippen molar-refractivity contribution in [3.8, 4) is 0 Å². The molecule has 0 saturated carbocycles. The zero-order valence-electron chi connectivity index (χ0n) is 8.87. The highest BCUT2D eigenvalue weighted by Crippen LogP contribution is 1.94. The average Bonchev–Trinajstić information content (AvgIpc) is 2.16. The molecule has 0 fully saturated rings. The van der Waals surface area contributed by atoms with E-state index in [0.29, 0.717) is 0 Å². The van der Waals surface area contributed by atoms with Crippen LogP contribution in [0.1, 0.15) is 39.5 Å². The Hall–Kier alpha value is -0.0900. The second-order valence-electron chi connectivity index (χ2n) is 3.14. The van der Waals surface area contributed by atoms with E-state index in [-0.39, 0.29) is 0 Å². The maximum atomic E-state index is 10.5. The first-order valence-electron chi connectivity index (χ1n) is 5.03. The molecule has 14 heavy (non-hydrogen) atoms. The summed E-state index contributed by atoms with van der Waals surface area (Å²) in [6.45, 7) is 6.15. The second kappa shape index (κ2) is 9.46. The van der Waals surface area contributed by atoms with E-state index in [1.165, 1.54) is 6.40 Å². The number of nitrogens with zero attached hydrogens (tertiary/aromatic N) is 1. The van der Waals surface area contributed by atoms with Gasteiger partial charge in [-0.2, -0.15) is 4.21 Å². The third kappa shape index (κ3) is 8.51. The highest BCUT2D eigenvalue weighted by Gasteiger charge is 2.04. The Morgan fingerprint density at radius 2 is 1.79 bits per heavy atom. The molecule has 0 aromatic heterocycles. The molecule has 0 rings (SSSR count). The van der Waals surface area contributed by atoms with Crippen molar-refractivity contribution >= 4 is 27.4 Å². The number of unbranched alkanes of at least 4 members (excludes halogenated alkanes) is 2. The maximum absolute atomic E-state index is 10.5. The Bertz CT molecular complexity index is 187. The van der Waals surface area contributed by atoms with Crippen LogP contribution in [0.25, 0.3) is 0 Å². The van der Waals surface area contributed by atoms with Crippen LogP contribution in [0.15, 0.2) is 0 Å². The molecular weight excluding hydrogens is 222 g/mol. The zero-order valence-corrected chi connectivity index (χ0v) is 10.4. The minimum atomic E-state index is -1.72. The third-order valence-corrected chi connectivity index (χ3v) is 2.32. The fourth-order valence-corrected chi connectivity index (χ4v) is 1.32. The Morgan fingerprint density at radius 3 is 2.14 bits per heavy atom. The van der Waals surface area contributed by atoms with Gasteiger partial charge in [0, 0.05) is 23.5 Å².